The fourth-order valence-corrected chi connectivity index (χ4v) is 0.996. The Hall–Kier alpha value is -0.490. The summed E-state index contributed by atoms with van der Waals surface area (Å²) >= 11 is 0. The molecule has 1 fully saturated rings. The number of hydrogen-bond acceptors (Lipinski definition) is 5. The molecule has 1 aliphatic heterocycles. The van der Waals surface area contributed by atoms with E-state index in [1.54, 1.807) is 0 Å². The Labute approximate surface area is 63.9 Å². The van der Waals surface area contributed by atoms with E-state index in [0.717, 1.165) is 0 Å². The van der Waals surface area contributed by atoms with Gasteiger partial charge in [-0.1, -0.05) is 0 Å². The second kappa shape index (κ2) is 2.86. The Kier molecular flexibility index (Phi) is 2.24. The summed E-state index contributed by atoms with van der Waals surface area (Å²) in [7, 11) is 0. The Bertz CT molecular complexity index is 163. The molecule has 1 rings (SSSR count). The van der Waals surface area contributed by atoms with Crippen LogP contribution >= 0.6 is 0 Å². The van der Waals surface area contributed by atoms with Crippen LogP contribution in [0.3, 0.4) is 0 Å². The molecule has 11 heavy (non-hydrogen) atoms. The molecule has 3 unspecified atom stereocenters. The molecular weight excluding hydrogens is 150 g/mol. The lowest BCUT2D eigenvalue weighted by Gasteiger charge is -2.20. The summed E-state index contributed by atoms with van der Waals surface area (Å²) in [6.45, 7) is 2.66. The number of ether oxygens (including phenoxy) is 1. The third-order valence-electron chi connectivity index (χ3n) is 1.79. The van der Waals surface area contributed by atoms with Crippen molar-refractivity contribution in [2.45, 2.75) is 17.9 Å². The fourth-order valence-electron chi connectivity index (χ4n) is 0.996. The number of aliphatic hydroxyl groups is 3. The van der Waals surface area contributed by atoms with Gasteiger partial charge < -0.3 is 20.1 Å². The van der Waals surface area contributed by atoms with Crippen LogP contribution in [0.1, 0.15) is 0 Å². The minimum atomic E-state index is -1.65. The summed E-state index contributed by atoms with van der Waals surface area (Å²) in [5.74, 6) is 0. The summed E-state index contributed by atoms with van der Waals surface area (Å²) in [5.41, 5.74) is -1.65. The third kappa shape index (κ3) is 1.28. The molecular formula is C6H11NO4. The van der Waals surface area contributed by atoms with E-state index in [1.165, 1.54) is 0 Å². The summed E-state index contributed by atoms with van der Waals surface area (Å²) in [6.07, 6.45) is -1.95. The second-order valence-corrected chi connectivity index (χ2v) is 2.51. The van der Waals surface area contributed by atoms with Crippen LogP contribution in [-0.2, 0) is 4.74 Å². The van der Waals surface area contributed by atoms with Gasteiger partial charge in [0.1, 0.15) is 12.2 Å². The quantitative estimate of drug-likeness (QED) is 0.414. The van der Waals surface area contributed by atoms with E-state index < -0.39 is 17.9 Å². The van der Waals surface area contributed by atoms with Crippen LogP contribution in [0.15, 0.2) is 4.99 Å². The van der Waals surface area contributed by atoms with Crippen molar-refractivity contribution in [3.8, 4) is 0 Å². The van der Waals surface area contributed by atoms with Gasteiger partial charge in [0.05, 0.1) is 13.2 Å². The van der Waals surface area contributed by atoms with Crippen molar-refractivity contribution in [3.63, 3.8) is 0 Å². The molecule has 0 radical (unpaired) electrons. The van der Waals surface area contributed by atoms with Gasteiger partial charge in [-0.05, 0) is 6.72 Å². The number of nitrogens with zero attached hydrogens (tertiary/aromatic N) is 1. The van der Waals surface area contributed by atoms with Crippen LogP contribution < -0.4 is 0 Å². The number of hydrogen-bond donors (Lipinski definition) is 3. The lowest BCUT2D eigenvalue weighted by molar-refractivity contribution is -0.0487. The molecule has 5 heteroatoms. The van der Waals surface area contributed by atoms with Crippen molar-refractivity contribution in [2.75, 3.05) is 13.2 Å². The van der Waals surface area contributed by atoms with E-state index >= 15 is 0 Å². The molecule has 0 aromatic carbocycles. The monoisotopic (exact) mass is 161 g/mol. The summed E-state index contributed by atoms with van der Waals surface area (Å²) in [6, 6.07) is 0. The average molecular weight is 161 g/mol. The van der Waals surface area contributed by atoms with Gasteiger partial charge in [-0.25, -0.2) is 0 Å². The maximum Gasteiger partial charge on any atom is 0.207 e. The smallest absolute Gasteiger partial charge is 0.207 e. The molecule has 1 aliphatic rings. The van der Waals surface area contributed by atoms with Gasteiger partial charge in [0, 0.05) is 0 Å². The van der Waals surface area contributed by atoms with Gasteiger partial charge in [0.2, 0.25) is 5.72 Å². The van der Waals surface area contributed by atoms with Gasteiger partial charge in [-0.3, -0.25) is 4.99 Å². The number of rotatable bonds is 2. The zero-order chi connectivity index (χ0) is 8.48. The molecule has 5 nitrogen and oxygen atoms in total. The van der Waals surface area contributed by atoms with Crippen LogP contribution in [0.25, 0.3) is 0 Å². The van der Waals surface area contributed by atoms with Crippen molar-refractivity contribution in [2.24, 2.45) is 4.99 Å². The Morgan fingerprint density at radius 1 is 1.73 bits per heavy atom. The first-order chi connectivity index (χ1) is 5.14. The molecule has 3 atom stereocenters. The van der Waals surface area contributed by atoms with Crippen LogP contribution in [0, 0.1) is 0 Å². The molecule has 0 saturated carbocycles. The van der Waals surface area contributed by atoms with Crippen molar-refractivity contribution >= 4 is 6.72 Å². The normalized spacial score (nSPS) is 44.3. The highest BCUT2D eigenvalue weighted by atomic mass is 16.5. The highest BCUT2D eigenvalue weighted by Crippen LogP contribution is 2.25. The van der Waals surface area contributed by atoms with Gasteiger partial charge in [-0.15, -0.1) is 0 Å². The summed E-state index contributed by atoms with van der Waals surface area (Å²) in [4.78, 5) is 3.32. The molecule has 0 bridgehead atoms. The molecule has 64 valence electrons. The van der Waals surface area contributed by atoms with E-state index in [9.17, 15) is 10.2 Å². The molecule has 0 aromatic heterocycles. The standard InChI is InChI=1S/C6H11NO4/c1-7-6(10)3-11-4(2-8)5(6)9/h4-5,8-10H,1-3H2. The molecule has 0 aromatic rings. The highest BCUT2D eigenvalue weighted by Gasteiger charge is 2.47. The van der Waals surface area contributed by atoms with Gasteiger partial charge in [0.25, 0.3) is 0 Å². The maximum atomic E-state index is 9.35. The summed E-state index contributed by atoms with van der Waals surface area (Å²) < 4.78 is 4.84. The Balaban J connectivity index is 2.68. The van der Waals surface area contributed by atoms with Crippen molar-refractivity contribution in [1.82, 2.24) is 0 Å². The SMILES string of the molecule is C=NC1(O)COC(CO)C1O. The predicted molar refractivity (Wildman–Crippen MR) is 37.3 cm³/mol. The Morgan fingerprint density at radius 3 is 2.64 bits per heavy atom. The van der Waals surface area contributed by atoms with Crippen LogP contribution in [0.5, 0.6) is 0 Å². The number of aliphatic imine (C=N–C) groups is 1. The average Bonchev–Trinajstić information content (AvgIpc) is 2.31. The first-order valence-corrected chi connectivity index (χ1v) is 3.25. The summed E-state index contributed by atoms with van der Waals surface area (Å²) in [5, 5.41) is 27.2. The largest absolute Gasteiger partial charge is 0.394 e. The van der Waals surface area contributed by atoms with Gasteiger partial charge >= 0.3 is 0 Å². The molecule has 1 saturated heterocycles. The second-order valence-electron chi connectivity index (χ2n) is 2.51. The van der Waals surface area contributed by atoms with Crippen molar-refractivity contribution < 1.29 is 20.1 Å². The first kappa shape index (κ1) is 8.61. The molecule has 3 N–H and O–H groups in total. The molecule has 1 heterocycles. The van der Waals surface area contributed by atoms with Gasteiger partial charge in [0.15, 0.2) is 0 Å². The van der Waals surface area contributed by atoms with E-state index in [2.05, 4.69) is 11.7 Å². The van der Waals surface area contributed by atoms with Crippen molar-refractivity contribution in [1.29, 1.82) is 0 Å². The molecule has 0 spiro atoms. The minimum Gasteiger partial charge on any atom is -0.394 e. The van der Waals surface area contributed by atoms with E-state index in [1.807, 2.05) is 0 Å². The van der Waals surface area contributed by atoms with Crippen LogP contribution in [-0.4, -0.2) is 53.2 Å². The first-order valence-electron chi connectivity index (χ1n) is 3.25. The molecule has 0 amide bonds. The van der Waals surface area contributed by atoms with Crippen LogP contribution in [0.2, 0.25) is 0 Å². The lowest BCUT2D eigenvalue weighted by Crippen LogP contribution is -2.42. The fraction of sp³-hybridized carbons (Fsp3) is 0.833. The number of aliphatic hydroxyl groups excluding tert-OH is 2. The minimum absolute atomic E-state index is 0.122. The van der Waals surface area contributed by atoms with E-state index in [-0.39, 0.29) is 13.2 Å². The van der Waals surface area contributed by atoms with E-state index in [0.29, 0.717) is 0 Å². The van der Waals surface area contributed by atoms with Gasteiger partial charge in [-0.2, -0.15) is 0 Å². The van der Waals surface area contributed by atoms with E-state index in [4.69, 9.17) is 9.84 Å². The predicted octanol–water partition coefficient (Wildman–Crippen LogP) is -1.87. The molecule has 0 aliphatic carbocycles. The maximum absolute atomic E-state index is 9.35. The Morgan fingerprint density at radius 2 is 2.36 bits per heavy atom. The topological polar surface area (TPSA) is 82.3 Å². The lowest BCUT2D eigenvalue weighted by atomic mass is 10.1. The zero-order valence-corrected chi connectivity index (χ0v) is 5.97. The third-order valence-corrected chi connectivity index (χ3v) is 1.79. The zero-order valence-electron chi connectivity index (χ0n) is 5.97. The van der Waals surface area contributed by atoms with Crippen LogP contribution in [0.4, 0.5) is 0 Å². The highest BCUT2D eigenvalue weighted by molar-refractivity contribution is 5.26. The van der Waals surface area contributed by atoms with Crippen molar-refractivity contribution in [3.05, 3.63) is 0 Å².